The van der Waals surface area contributed by atoms with Crippen molar-refractivity contribution >= 4 is 28.3 Å². The highest BCUT2D eigenvalue weighted by molar-refractivity contribution is 7.89. The van der Waals surface area contributed by atoms with E-state index in [9.17, 15) is 13.2 Å². The first-order valence-electron chi connectivity index (χ1n) is 10.0. The molecule has 4 rings (SSSR count). The minimum absolute atomic E-state index is 0. The zero-order valence-corrected chi connectivity index (χ0v) is 17.9. The fourth-order valence-corrected chi connectivity index (χ4v) is 6.83. The van der Waals surface area contributed by atoms with Gasteiger partial charge in [0.15, 0.2) is 5.76 Å². The van der Waals surface area contributed by atoms with Gasteiger partial charge < -0.3 is 15.5 Å². The number of nitrogens with zero attached hydrogens (tertiary/aromatic N) is 1. The van der Waals surface area contributed by atoms with Gasteiger partial charge in [0.25, 0.3) is 5.91 Å². The fraction of sp³-hybridized carbons (Fsp3) is 0.737. The molecule has 2 heterocycles. The van der Waals surface area contributed by atoms with Crippen molar-refractivity contribution in [1.82, 2.24) is 9.62 Å². The predicted molar refractivity (Wildman–Crippen MR) is 108 cm³/mol. The number of nitrogens with two attached hydrogens (primary N) is 1. The molecule has 0 spiro atoms. The van der Waals surface area contributed by atoms with Crippen molar-refractivity contribution in [2.75, 3.05) is 13.1 Å². The van der Waals surface area contributed by atoms with E-state index in [4.69, 9.17) is 10.2 Å². The standard InChI is InChI=1S/C19H29N3O4S.ClH/c1-12-17(27(24,25)22-7-2-3-8-22)11-16(26-12)19(23)21-18-13-5-4-6-14(18)10-15(20)9-13;/h11,13-15,18H,2-10,20H2,1H3,(H,21,23);1H. The minimum atomic E-state index is -3.59. The summed E-state index contributed by atoms with van der Waals surface area (Å²) in [6, 6.07) is 1.72. The third kappa shape index (κ3) is 3.97. The lowest BCUT2D eigenvalue weighted by Gasteiger charge is -2.45. The maximum atomic E-state index is 12.8. The van der Waals surface area contributed by atoms with Gasteiger partial charge in [-0.05, 0) is 57.3 Å². The van der Waals surface area contributed by atoms with E-state index in [0.29, 0.717) is 24.9 Å². The number of rotatable bonds is 4. The quantitative estimate of drug-likeness (QED) is 0.761. The normalized spacial score (nSPS) is 30.6. The van der Waals surface area contributed by atoms with Crippen molar-refractivity contribution in [3.8, 4) is 0 Å². The number of furan rings is 1. The van der Waals surface area contributed by atoms with Gasteiger partial charge in [-0.15, -0.1) is 12.4 Å². The summed E-state index contributed by atoms with van der Waals surface area (Å²) in [6.07, 6.45) is 6.97. The van der Waals surface area contributed by atoms with E-state index in [1.807, 2.05) is 0 Å². The molecule has 0 radical (unpaired) electrons. The molecule has 9 heteroatoms. The molecular weight excluding hydrogens is 402 g/mol. The zero-order valence-electron chi connectivity index (χ0n) is 16.2. The molecule has 3 fully saturated rings. The van der Waals surface area contributed by atoms with Gasteiger partial charge >= 0.3 is 0 Å². The van der Waals surface area contributed by atoms with Crippen LogP contribution in [0.25, 0.3) is 0 Å². The number of hydrogen-bond acceptors (Lipinski definition) is 5. The summed E-state index contributed by atoms with van der Waals surface area (Å²) in [7, 11) is -3.59. The van der Waals surface area contributed by atoms with Crippen LogP contribution < -0.4 is 11.1 Å². The van der Waals surface area contributed by atoms with Crippen LogP contribution in [-0.4, -0.2) is 43.8 Å². The van der Waals surface area contributed by atoms with Crippen LogP contribution in [0.3, 0.4) is 0 Å². The third-order valence-electron chi connectivity index (χ3n) is 6.45. The Bertz CT molecular complexity index is 805. The van der Waals surface area contributed by atoms with Gasteiger partial charge in [0.05, 0.1) is 0 Å². The van der Waals surface area contributed by atoms with Crippen LogP contribution in [0, 0.1) is 18.8 Å². The molecule has 7 nitrogen and oxygen atoms in total. The van der Waals surface area contributed by atoms with Gasteiger partial charge in [-0.3, -0.25) is 4.79 Å². The topological polar surface area (TPSA) is 106 Å². The molecule has 2 atom stereocenters. The molecule has 2 unspecified atom stereocenters. The Morgan fingerprint density at radius 2 is 1.79 bits per heavy atom. The monoisotopic (exact) mass is 431 g/mol. The largest absolute Gasteiger partial charge is 0.455 e. The first kappa shape index (κ1) is 21.6. The first-order valence-corrected chi connectivity index (χ1v) is 11.5. The highest BCUT2D eigenvalue weighted by atomic mass is 35.5. The highest BCUT2D eigenvalue weighted by Crippen LogP contribution is 2.40. The number of aryl methyl sites for hydroxylation is 1. The van der Waals surface area contributed by atoms with Crippen molar-refractivity contribution in [1.29, 1.82) is 0 Å². The second-order valence-electron chi connectivity index (χ2n) is 8.32. The molecule has 28 heavy (non-hydrogen) atoms. The van der Waals surface area contributed by atoms with Crippen LogP contribution in [-0.2, 0) is 10.0 Å². The van der Waals surface area contributed by atoms with Crippen LogP contribution >= 0.6 is 12.4 Å². The summed E-state index contributed by atoms with van der Waals surface area (Å²) in [4.78, 5) is 12.9. The van der Waals surface area contributed by atoms with Gasteiger partial charge in [0.2, 0.25) is 10.0 Å². The SMILES string of the molecule is Cc1oc(C(=O)NC2C3CCCC2CC(N)C3)cc1S(=O)(=O)N1CCCC1.Cl. The van der Waals surface area contributed by atoms with Gasteiger partial charge in [0, 0.05) is 31.2 Å². The molecule has 2 aliphatic carbocycles. The average Bonchev–Trinajstić information content (AvgIpc) is 3.25. The second-order valence-corrected chi connectivity index (χ2v) is 10.2. The van der Waals surface area contributed by atoms with E-state index in [2.05, 4.69) is 5.32 Å². The molecule has 1 aliphatic heterocycles. The Morgan fingerprint density at radius 1 is 1.18 bits per heavy atom. The second kappa shape index (κ2) is 8.34. The van der Waals surface area contributed by atoms with Crippen LogP contribution in [0.1, 0.15) is 61.3 Å². The number of nitrogens with one attached hydrogen (secondary N) is 1. The molecule has 3 N–H and O–H groups in total. The number of halogens is 1. The van der Waals surface area contributed by atoms with Crippen molar-refractivity contribution in [3.05, 3.63) is 17.6 Å². The molecule has 158 valence electrons. The molecule has 1 aromatic heterocycles. The van der Waals surface area contributed by atoms with E-state index in [-0.39, 0.29) is 46.8 Å². The Kier molecular flexibility index (Phi) is 6.44. The Hall–Kier alpha value is -1.09. The molecule has 2 saturated carbocycles. The lowest BCUT2D eigenvalue weighted by atomic mass is 9.67. The highest BCUT2D eigenvalue weighted by Gasteiger charge is 2.40. The van der Waals surface area contributed by atoms with Crippen molar-refractivity contribution in [2.45, 2.75) is 68.8 Å². The van der Waals surface area contributed by atoms with Crippen LogP contribution in [0.5, 0.6) is 0 Å². The van der Waals surface area contributed by atoms with E-state index >= 15 is 0 Å². The smallest absolute Gasteiger partial charge is 0.287 e. The summed E-state index contributed by atoms with van der Waals surface area (Å²) in [6.45, 7) is 2.66. The predicted octanol–water partition coefficient (Wildman–Crippen LogP) is 2.43. The van der Waals surface area contributed by atoms with Crippen LogP contribution in [0.4, 0.5) is 0 Å². The molecule has 0 aromatic carbocycles. The van der Waals surface area contributed by atoms with Gasteiger partial charge in [-0.25, -0.2) is 8.42 Å². The van der Waals surface area contributed by atoms with Gasteiger partial charge in [-0.2, -0.15) is 4.31 Å². The average molecular weight is 432 g/mol. The Morgan fingerprint density at radius 3 is 2.39 bits per heavy atom. The molecule has 3 aliphatic rings. The van der Waals surface area contributed by atoms with Crippen molar-refractivity contribution in [2.24, 2.45) is 17.6 Å². The fourth-order valence-electron chi connectivity index (χ4n) is 5.15. The summed E-state index contributed by atoms with van der Waals surface area (Å²) >= 11 is 0. The lowest BCUT2D eigenvalue weighted by molar-refractivity contribution is 0.0731. The molecule has 1 saturated heterocycles. The molecule has 1 aromatic rings. The number of sulfonamides is 1. The maximum Gasteiger partial charge on any atom is 0.287 e. The number of carbonyl (C=O) groups excluding carboxylic acids is 1. The van der Waals surface area contributed by atoms with Gasteiger partial charge in [-0.1, -0.05) is 6.42 Å². The van der Waals surface area contributed by atoms with E-state index < -0.39 is 10.0 Å². The Labute approximate surface area is 172 Å². The number of carbonyl (C=O) groups is 1. The summed E-state index contributed by atoms with van der Waals surface area (Å²) in [5.74, 6) is 0.843. The third-order valence-corrected chi connectivity index (χ3v) is 8.46. The van der Waals surface area contributed by atoms with E-state index in [1.165, 1.54) is 16.8 Å². The van der Waals surface area contributed by atoms with E-state index in [0.717, 1.165) is 38.5 Å². The molecule has 1 amide bonds. The zero-order chi connectivity index (χ0) is 19.2. The maximum absolute atomic E-state index is 12.8. The Balaban J connectivity index is 0.00000225. The molecular formula is C19H30ClN3O4S. The van der Waals surface area contributed by atoms with Crippen LogP contribution in [0.2, 0.25) is 0 Å². The van der Waals surface area contributed by atoms with Crippen molar-refractivity contribution in [3.63, 3.8) is 0 Å². The summed E-state index contributed by atoms with van der Waals surface area (Å²) in [5.41, 5.74) is 6.16. The van der Waals surface area contributed by atoms with E-state index in [1.54, 1.807) is 6.92 Å². The van der Waals surface area contributed by atoms with Crippen LogP contribution in [0.15, 0.2) is 15.4 Å². The summed E-state index contributed by atoms with van der Waals surface area (Å²) < 4.78 is 32.6. The first-order chi connectivity index (χ1) is 12.9. The lowest BCUT2D eigenvalue weighted by Crippen LogP contribution is -2.53. The van der Waals surface area contributed by atoms with Crippen molar-refractivity contribution < 1.29 is 17.6 Å². The number of amides is 1. The minimum Gasteiger partial charge on any atom is -0.455 e. The number of hydrogen-bond donors (Lipinski definition) is 2. The number of fused-ring (bicyclic) bond motifs is 2. The summed E-state index contributed by atoms with van der Waals surface area (Å²) in [5, 5.41) is 3.12. The van der Waals surface area contributed by atoms with Gasteiger partial charge in [0.1, 0.15) is 10.7 Å². The molecule has 2 bridgehead atoms.